The molecular formula is C15H25N7O5. The number of aromatic nitrogens is 4. The van der Waals surface area contributed by atoms with E-state index in [1.165, 1.54) is 11.0 Å². The number of carbonyl (C=O) groups excluding carboxylic acids is 2. The van der Waals surface area contributed by atoms with E-state index in [4.69, 9.17) is 14.6 Å². The van der Waals surface area contributed by atoms with Crippen molar-refractivity contribution in [2.75, 3.05) is 33.8 Å². The Labute approximate surface area is 156 Å². The van der Waals surface area contributed by atoms with Crippen LogP contribution in [0.1, 0.15) is 12.8 Å². The number of tetrazole rings is 1. The summed E-state index contributed by atoms with van der Waals surface area (Å²) in [4.78, 5) is 36.1. The van der Waals surface area contributed by atoms with Gasteiger partial charge in [-0.15, -0.1) is 5.10 Å². The Hall–Kier alpha value is -2.60. The zero-order valence-electron chi connectivity index (χ0n) is 15.4. The Morgan fingerprint density at radius 1 is 1.41 bits per heavy atom. The van der Waals surface area contributed by atoms with Crippen molar-refractivity contribution in [3.63, 3.8) is 0 Å². The van der Waals surface area contributed by atoms with Crippen LogP contribution in [0.2, 0.25) is 0 Å². The number of nitrogens with zero attached hydrogens (tertiary/aromatic N) is 6. The number of ether oxygens (including phenoxy) is 1. The summed E-state index contributed by atoms with van der Waals surface area (Å²) in [5.41, 5.74) is 0. The van der Waals surface area contributed by atoms with Gasteiger partial charge in [-0.2, -0.15) is 0 Å². The number of morpholine rings is 1. The summed E-state index contributed by atoms with van der Waals surface area (Å²) in [6, 6.07) is 0.389. The molecule has 0 aliphatic carbocycles. The van der Waals surface area contributed by atoms with Crippen LogP contribution >= 0.6 is 0 Å². The summed E-state index contributed by atoms with van der Waals surface area (Å²) in [5.74, 6) is -0.0312. The molecule has 12 nitrogen and oxygen atoms in total. The summed E-state index contributed by atoms with van der Waals surface area (Å²) < 4.78 is 7.21. The van der Waals surface area contributed by atoms with E-state index in [2.05, 4.69) is 25.7 Å². The van der Waals surface area contributed by atoms with Gasteiger partial charge in [-0.3, -0.25) is 19.3 Å². The first-order valence-electron chi connectivity index (χ1n) is 8.56. The molecule has 0 spiro atoms. The maximum absolute atomic E-state index is 12.0. The number of fused-ring (bicyclic) bond motifs is 1. The number of rotatable bonds is 5. The molecule has 2 saturated heterocycles. The van der Waals surface area contributed by atoms with Crippen LogP contribution in [-0.4, -0.2) is 105 Å². The van der Waals surface area contributed by atoms with Gasteiger partial charge in [0.15, 0.2) is 0 Å². The number of hydrogen-bond donors (Lipinski definition) is 2. The summed E-state index contributed by atoms with van der Waals surface area (Å²) in [6.07, 6.45) is 2.59. The molecule has 2 N–H and O–H groups in total. The van der Waals surface area contributed by atoms with Crippen molar-refractivity contribution in [1.82, 2.24) is 35.3 Å². The van der Waals surface area contributed by atoms with E-state index in [1.54, 1.807) is 19.0 Å². The van der Waals surface area contributed by atoms with Crippen LogP contribution < -0.4 is 5.32 Å². The predicted octanol–water partition coefficient (Wildman–Crippen LogP) is -2.19. The number of hydrogen-bond acceptors (Lipinski definition) is 8. The van der Waals surface area contributed by atoms with E-state index in [-0.39, 0.29) is 37.0 Å². The van der Waals surface area contributed by atoms with Gasteiger partial charge in [0.1, 0.15) is 12.9 Å². The van der Waals surface area contributed by atoms with Crippen molar-refractivity contribution in [2.45, 2.75) is 37.6 Å². The van der Waals surface area contributed by atoms with Gasteiger partial charge in [-0.25, -0.2) is 4.68 Å². The lowest BCUT2D eigenvalue weighted by molar-refractivity contribution is -0.134. The van der Waals surface area contributed by atoms with Gasteiger partial charge in [-0.05, 0) is 16.8 Å². The number of carboxylic acid groups (broad SMARTS) is 1. The second kappa shape index (κ2) is 9.92. The molecule has 0 saturated carbocycles. The van der Waals surface area contributed by atoms with E-state index in [0.717, 1.165) is 19.5 Å². The normalized spacial score (nSPS) is 24.3. The van der Waals surface area contributed by atoms with Crippen molar-refractivity contribution < 1.29 is 24.2 Å². The molecule has 3 heterocycles. The van der Waals surface area contributed by atoms with Crippen molar-refractivity contribution in [1.29, 1.82) is 0 Å². The van der Waals surface area contributed by atoms with Gasteiger partial charge in [0, 0.05) is 39.3 Å². The third-order valence-electron chi connectivity index (χ3n) is 4.45. The van der Waals surface area contributed by atoms with Crippen LogP contribution in [0.25, 0.3) is 0 Å². The predicted molar refractivity (Wildman–Crippen MR) is 91.5 cm³/mol. The lowest BCUT2D eigenvalue weighted by Crippen LogP contribution is -2.47. The lowest BCUT2D eigenvalue weighted by atomic mass is 10.1. The van der Waals surface area contributed by atoms with E-state index >= 15 is 0 Å². The minimum atomic E-state index is -0.250. The number of carbonyl (C=O) groups is 3. The molecule has 0 bridgehead atoms. The standard InChI is InChI=1S/C14H23N7O3.CH2O2/c1-19(2)14(23)4-12-6-20-5-10(3-11(20)8-24-12)16-13(22)7-21-9-15-17-18-21;2-1-3/h9-12H,3-8H2,1-2H3,(H,16,22);1H,(H,2,3)/t10-,11+,12+;/m1./s1. The SMILES string of the molecule is CN(C)C(=O)C[C@H]1CN2C[C@H](NC(=O)Cn3cnnn3)C[C@H]2CO1.O=CO. The largest absolute Gasteiger partial charge is 0.483 e. The Kier molecular flexibility index (Phi) is 7.61. The highest BCUT2D eigenvalue weighted by Crippen LogP contribution is 2.24. The van der Waals surface area contributed by atoms with Gasteiger partial charge in [0.05, 0.1) is 19.1 Å². The average Bonchev–Trinajstić information content (AvgIpc) is 3.24. The van der Waals surface area contributed by atoms with Gasteiger partial charge in [0.25, 0.3) is 6.47 Å². The highest BCUT2D eigenvalue weighted by Gasteiger charge is 2.38. The van der Waals surface area contributed by atoms with Crippen LogP contribution in [0.5, 0.6) is 0 Å². The molecule has 2 amide bonds. The molecule has 1 aromatic heterocycles. The molecule has 0 aromatic carbocycles. The molecule has 0 unspecified atom stereocenters. The highest BCUT2D eigenvalue weighted by molar-refractivity contribution is 5.76. The number of nitrogens with one attached hydrogen (secondary N) is 1. The fourth-order valence-corrected chi connectivity index (χ4v) is 3.22. The van der Waals surface area contributed by atoms with Crippen LogP contribution in [-0.2, 0) is 25.7 Å². The zero-order valence-corrected chi connectivity index (χ0v) is 15.4. The second-order valence-corrected chi connectivity index (χ2v) is 6.67. The second-order valence-electron chi connectivity index (χ2n) is 6.67. The first-order valence-corrected chi connectivity index (χ1v) is 8.56. The third-order valence-corrected chi connectivity index (χ3v) is 4.45. The van der Waals surface area contributed by atoms with Crippen molar-refractivity contribution >= 4 is 18.3 Å². The minimum Gasteiger partial charge on any atom is -0.483 e. The quantitative estimate of drug-likeness (QED) is 0.542. The van der Waals surface area contributed by atoms with Crippen molar-refractivity contribution in [2.24, 2.45) is 0 Å². The molecule has 27 heavy (non-hydrogen) atoms. The molecule has 3 atom stereocenters. The number of amides is 2. The average molecular weight is 383 g/mol. The van der Waals surface area contributed by atoms with Crippen molar-refractivity contribution in [3.05, 3.63) is 6.33 Å². The van der Waals surface area contributed by atoms with Gasteiger partial charge >= 0.3 is 0 Å². The van der Waals surface area contributed by atoms with E-state index < -0.39 is 0 Å². The van der Waals surface area contributed by atoms with E-state index in [9.17, 15) is 9.59 Å². The van der Waals surface area contributed by atoms with Gasteiger partial charge < -0.3 is 20.1 Å². The fraction of sp³-hybridized carbons (Fsp3) is 0.733. The molecule has 3 rings (SSSR count). The Morgan fingerprint density at radius 3 is 2.78 bits per heavy atom. The highest BCUT2D eigenvalue weighted by atomic mass is 16.5. The molecule has 2 aliphatic rings. The Balaban J connectivity index is 0.000000817. The molecular weight excluding hydrogens is 358 g/mol. The summed E-state index contributed by atoms with van der Waals surface area (Å²) in [6.45, 7) is 1.97. The van der Waals surface area contributed by atoms with E-state index in [1.807, 2.05) is 0 Å². The first-order chi connectivity index (χ1) is 12.9. The van der Waals surface area contributed by atoms with Crippen molar-refractivity contribution in [3.8, 4) is 0 Å². The smallest absolute Gasteiger partial charge is 0.290 e. The molecule has 1 aromatic rings. The Bertz CT molecular complexity index is 624. The lowest BCUT2D eigenvalue weighted by Gasteiger charge is -2.35. The fourth-order valence-electron chi connectivity index (χ4n) is 3.22. The van der Waals surface area contributed by atoms with E-state index in [0.29, 0.717) is 19.1 Å². The summed E-state index contributed by atoms with van der Waals surface area (Å²) in [7, 11) is 3.50. The monoisotopic (exact) mass is 383 g/mol. The van der Waals surface area contributed by atoms with Crippen LogP contribution in [0.3, 0.4) is 0 Å². The maximum atomic E-state index is 12.0. The third kappa shape index (κ3) is 6.25. The molecule has 12 heteroatoms. The molecule has 150 valence electrons. The molecule has 2 fully saturated rings. The first kappa shape index (κ1) is 20.7. The summed E-state index contributed by atoms with van der Waals surface area (Å²) in [5, 5.41) is 20.6. The topological polar surface area (TPSA) is 143 Å². The van der Waals surface area contributed by atoms with Crippen LogP contribution in [0.4, 0.5) is 0 Å². The Morgan fingerprint density at radius 2 is 2.15 bits per heavy atom. The maximum Gasteiger partial charge on any atom is 0.290 e. The molecule has 0 radical (unpaired) electrons. The molecule has 2 aliphatic heterocycles. The zero-order chi connectivity index (χ0) is 19.8. The summed E-state index contributed by atoms with van der Waals surface area (Å²) >= 11 is 0. The van der Waals surface area contributed by atoms with Crippen LogP contribution in [0, 0.1) is 0 Å². The van der Waals surface area contributed by atoms with Crippen LogP contribution in [0.15, 0.2) is 6.33 Å². The van der Waals surface area contributed by atoms with Gasteiger partial charge in [0.2, 0.25) is 11.8 Å². The minimum absolute atomic E-state index is 0.0731. The van der Waals surface area contributed by atoms with Gasteiger partial charge in [-0.1, -0.05) is 0 Å².